The summed E-state index contributed by atoms with van der Waals surface area (Å²) in [6.07, 6.45) is 4.23. The quantitative estimate of drug-likeness (QED) is 0.453. The second-order valence-electron chi connectivity index (χ2n) is 2.85. The minimum absolute atomic E-state index is 0.174. The van der Waals surface area contributed by atoms with E-state index in [2.05, 4.69) is 15.0 Å². The number of hydrogen-bond donors (Lipinski definition) is 0. The van der Waals surface area contributed by atoms with Crippen molar-refractivity contribution in [2.75, 3.05) is 0 Å². The minimum atomic E-state index is -0.599. The van der Waals surface area contributed by atoms with Crippen LogP contribution in [0.1, 0.15) is 0 Å². The summed E-state index contributed by atoms with van der Waals surface area (Å²) in [5.74, 6) is 0. The van der Waals surface area contributed by atoms with E-state index >= 15 is 0 Å². The van der Waals surface area contributed by atoms with E-state index < -0.39 is 4.92 Å². The first-order chi connectivity index (χ1) is 7.70. The average Bonchev–Trinajstić information content (AvgIpc) is 2.29. The molecular formula is C9H5ClN4O2. The maximum atomic E-state index is 10.8. The topological polar surface area (TPSA) is 81.8 Å². The van der Waals surface area contributed by atoms with E-state index in [9.17, 15) is 10.1 Å². The highest BCUT2D eigenvalue weighted by atomic mass is 35.5. The second kappa shape index (κ2) is 4.19. The van der Waals surface area contributed by atoms with E-state index in [1.54, 1.807) is 12.1 Å². The molecule has 6 nitrogen and oxygen atoms in total. The summed E-state index contributed by atoms with van der Waals surface area (Å²) in [6, 6.07) is 3.23. The van der Waals surface area contributed by atoms with E-state index in [4.69, 9.17) is 11.6 Å². The highest BCUT2D eigenvalue weighted by Gasteiger charge is 2.22. The first kappa shape index (κ1) is 10.4. The van der Waals surface area contributed by atoms with Crippen molar-refractivity contribution in [2.45, 2.75) is 0 Å². The van der Waals surface area contributed by atoms with Crippen molar-refractivity contribution in [2.24, 2.45) is 0 Å². The summed E-state index contributed by atoms with van der Waals surface area (Å²) in [5, 5.41) is 10.7. The fraction of sp³-hybridized carbons (Fsp3) is 0. The van der Waals surface area contributed by atoms with Crippen LogP contribution in [0.2, 0.25) is 5.15 Å². The van der Waals surface area contributed by atoms with Crippen LogP contribution in [0.3, 0.4) is 0 Å². The fourth-order valence-corrected chi connectivity index (χ4v) is 1.44. The van der Waals surface area contributed by atoms with Gasteiger partial charge in [0.15, 0.2) is 5.69 Å². The van der Waals surface area contributed by atoms with Crippen LogP contribution in [0, 0.1) is 10.1 Å². The molecule has 80 valence electrons. The van der Waals surface area contributed by atoms with Crippen molar-refractivity contribution in [1.29, 1.82) is 0 Å². The predicted molar refractivity (Wildman–Crippen MR) is 56.9 cm³/mol. The number of nitro groups is 1. The second-order valence-corrected chi connectivity index (χ2v) is 3.21. The third-order valence-electron chi connectivity index (χ3n) is 1.91. The number of rotatable bonds is 2. The van der Waals surface area contributed by atoms with Crippen molar-refractivity contribution in [1.82, 2.24) is 15.0 Å². The van der Waals surface area contributed by atoms with Gasteiger partial charge in [0.2, 0.25) is 5.15 Å². The van der Waals surface area contributed by atoms with Crippen LogP contribution in [-0.2, 0) is 0 Å². The Kier molecular flexibility index (Phi) is 2.74. The zero-order valence-electron chi connectivity index (χ0n) is 7.87. The van der Waals surface area contributed by atoms with Gasteiger partial charge in [-0.25, -0.2) is 9.97 Å². The van der Waals surface area contributed by atoms with Crippen LogP contribution in [0.25, 0.3) is 11.3 Å². The smallest absolute Gasteiger partial charge is 0.265 e. The molecule has 2 heterocycles. The van der Waals surface area contributed by atoms with Crippen LogP contribution < -0.4 is 0 Å². The summed E-state index contributed by atoms with van der Waals surface area (Å²) in [7, 11) is 0. The summed E-state index contributed by atoms with van der Waals surface area (Å²) < 4.78 is 0. The van der Waals surface area contributed by atoms with Crippen LogP contribution >= 0.6 is 11.6 Å². The lowest BCUT2D eigenvalue weighted by Gasteiger charge is -2.01. The molecule has 0 saturated carbocycles. The monoisotopic (exact) mass is 236 g/mol. The van der Waals surface area contributed by atoms with Crippen molar-refractivity contribution in [3.05, 3.63) is 46.1 Å². The molecule has 0 amide bonds. The Hall–Kier alpha value is -2.08. The molecule has 0 aliphatic heterocycles. The molecule has 0 saturated heterocycles. The Labute approximate surface area is 95.1 Å². The van der Waals surface area contributed by atoms with Crippen molar-refractivity contribution >= 4 is 17.3 Å². The van der Waals surface area contributed by atoms with Crippen molar-refractivity contribution < 1.29 is 4.92 Å². The van der Waals surface area contributed by atoms with Gasteiger partial charge in [-0.1, -0.05) is 11.6 Å². The molecule has 7 heteroatoms. The molecule has 0 atom stereocenters. The summed E-state index contributed by atoms with van der Waals surface area (Å²) >= 11 is 5.67. The minimum Gasteiger partial charge on any atom is -0.265 e. The summed E-state index contributed by atoms with van der Waals surface area (Å²) in [5.41, 5.74) is 0.466. The van der Waals surface area contributed by atoms with Gasteiger partial charge < -0.3 is 0 Å². The third kappa shape index (κ3) is 1.82. The molecule has 0 N–H and O–H groups in total. The molecular weight excluding hydrogens is 232 g/mol. The first-order valence-electron chi connectivity index (χ1n) is 4.25. The SMILES string of the molecule is O=[N+]([O-])c1c(Cl)ncnc1-c1ccncc1. The molecule has 0 aliphatic carbocycles. The fourth-order valence-electron chi connectivity index (χ4n) is 1.24. The zero-order chi connectivity index (χ0) is 11.5. The van der Waals surface area contributed by atoms with Gasteiger partial charge in [-0.15, -0.1) is 0 Å². The lowest BCUT2D eigenvalue weighted by atomic mass is 10.2. The highest BCUT2D eigenvalue weighted by Crippen LogP contribution is 2.31. The van der Waals surface area contributed by atoms with Gasteiger partial charge >= 0.3 is 5.69 Å². The molecule has 0 spiro atoms. The normalized spacial score (nSPS) is 10.1. The maximum absolute atomic E-state index is 10.8. The largest absolute Gasteiger partial charge is 0.332 e. The average molecular weight is 237 g/mol. The summed E-state index contributed by atoms with van der Waals surface area (Å²) in [6.45, 7) is 0. The Morgan fingerprint density at radius 1 is 1.25 bits per heavy atom. The molecule has 16 heavy (non-hydrogen) atoms. The predicted octanol–water partition coefficient (Wildman–Crippen LogP) is 2.10. The number of nitrogens with zero attached hydrogens (tertiary/aromatic N) is 4. The molecule has 0 aromatic carbocycles. The van der Waals surface area contributed by atoms with Crippen LogP contribution in [0.4, 0.5) is 5.69 Å². The molecule has 0 aliphatic rings. The summed E-state index contributed by atoms with van der Waals surface area (Å²) in [4.78, 5) is 21.5. The van der Waals surface area contributed by atoms with Crippen LogP contribution in [0.15, 0.2) is 30.9 Å². The Morgan fingerprint density at radius 2 is 1.94 bits per heavy atom. The molecule has 0 radical (unpaired) electrons. The number of hydrogen-bond acceptors (Lipinski definition) is 5. The molecule has 0 bridgehead atoms. The number of pyridine rings is 1. The third-order valence-corrected chi connectivity index (χ3v) is 2.19. The van der Waals surface area contributed by atoms with Gasteiger partial charge in [0.25, 0.3) is 0 Å². The Balaban J connectivity index is 2.66. The van der Waals surface area contributed by atoms with Crippen LogP contribution in [0.5, 0.6) is 0 Å². The first-order valence-corrected chi connectivity index (χ1v) is 4.63. The Bertz CT molecular complexity index is 532. The van der Waals surface area contributed by atoms with Gasteiger partial charge in [0.1, 0.15) is 6.33 Å². The standard InChI is InChI=1S/C9H5ClN4O2/c10-9-8(14(15)16)7(12-5-13-9)6-1-3-11-4-2-6/h1-5H. The molecule has 0 fully saturated rings. The molecule has 2 aromatic heterocycles. The van der Waals surface area contributed by atoms with Crippen LogP contribution in [-0.4, -0.2) is 19.9 Å². The van der Waals surface area contributed by atoms with Gasteiger partial charge in [-0.2, -0.15) is 0 Å². The number of halogens is 1. The molecule has 0 unspecified atom stereocenters. The lowest BCUT2D eigenvalue weighted by molar-refractivity contribution is -0.384. The zero-order valence-corrected chi connectivity index (χ0v) is 8.63. The number of aromatic nitrogens is 3. The van der Waals surface area contributed by atoms with Crippen molar-refractivity contribution in [3.63, 3.8) is 0 Å². The Morgan fingerprint density at radius 3 is 2.56 bits per heavy atom. The molecule has 2 aromatic rings. The van der Waals surface area contributed by atoms with Crippen molar-refractivity contribution in [3.8, 4) is 11.3 Å². The highest BCUT2D eigenvalue weighted by molar-refractivity contribution is 6.31. The van der Waals surface area contributed by atoms with E-state index in [1.165, 1.54) is 18.7 Å². The van der Waals surface area contributed by atoms with E-state index in [0.29, 0.717) is 5.56 Å². The van der Waals surface area contributed by atoms with Gasteiger partial charge in [0.05, 0.1) is 4.92 Å². The van der Waals surface area contributed by atoms with Gasteiger partial charge in [-0.05, 0) is 12.1 Å². The van der Waals surface area contributed by atoms with Gasteiger partial charge in [0, 0.05) is 18.0 Å². The van der Waals surface area contributed by atoms with E-state index in [-0.39, 0.29) is 16.5 Å². The lowest BCUT2D eigenvalue weighted by Crippen LogP contribution is -1.97. The van der Waals surface area contributed by atoms with E-state index in [1.807, 2.05) is 0 Å². The molecule has 2 rings (SSSR count). The van der Waals surface area contributed by atoms with E-state index in [0.717, 1.165) is 0 Å². The van der Waals surface area contributed by atoms with Gasteiger partial charge in [-0.3, -0.25) is 15.1 Å². The maximum Gasteiger partial charge on any atom is 0.332 e.